The van der Waals surface area contributed by atoms with Crippen LogP contribution in [0.4, 0.5) is 17.1 Å². The number of nitrogen functional groups attached to an aromatic ring is 1. The fourth-order valence-corrected chi connectivity index (χ4v) is 2.22. The van der Waals surface area contributed by atoms with Crippen molar-refractivity contribution in [3.05, 3.63) is 54.2 Å². The van der Waals surface area contributed by atoms with Crippen molar-refractivity contribution in [3.8, 4) is 5.75 Å². The van der Waals surface area contributed by atoms with Gasteiger partial charge < -0.3 is 21.9 Å². The van der Waals surface area contributed by atoms with Crippen molar-refractivity contribution in [1.29, 1.82) is 0 Å². The minimum absolute atomic E-state index is 0. The maximum absolute atomic E-state index is 11.7. The number of para-hydroxylation sites is 1. The van der Waals surface area contributed by atoms with Crippen LogP contribution in [0.5, 0.6) is 5.75 Å². The van der Waals surface area contributed by atoms with Crippen LogP contribution in [0.1, 0.15) is 10.4 Å². The van der Waals surface area contributed by atoms with Crippen molar-refractivity contribution in [3.63, 3.8) is 0 Å². The smallest absolute Gasteiger partial charge is 0.871 e. The zero-order valence-electron chi connectivity index (χ0n) is 12.5. The van der Waals surface area contributed by atoms with E-state index in [1.807, 2.05) is 30.3 Å². The molecule has 0 bridgehead atoms. The number of fused-ring (bicyclic) bond motifs is 1. The number of nitrogens with zero attached hydrogens (tertiary/aromatic N) is 1. The van der Waals surface area contributed by atoms with Gasteiger partial charge in [-0.15, -0.1) is 0 Å². The third kappa shape index (κ3) is 3.72. The molecule has 0 aliphatic carbocycles. The van der Waals surface area contributed by atoms with Gasteiger partial charge in [0.05, 0.1) is 16.8 Å². The molecule has 5 N–H and O–H groups in total. The first-order valence-electron chi connectivity index (χ1n) is 6.57. The second-order valence-electron chi connectivity index (χ2n) is 4.81. The van der Waals surface area contributed by atoms with Crippen LogP contribution in [0.3, 0.4) is 0 Å². The van der Waals surface area contributed by atoms with Gasteiger partial charge in [0, 0.05) is 23.0 Å². The first-order valence-corrected chi connectivity index (χ1v) is 6.57. The summed E-state index contributed by atoms with van der Waals surface area (Å²) in [5.41, 5.74) is 13.1. The van der Waals surface area contributed by atoms with Gasteiger partial charge in [0.15, 0.2) is 0 Å². The van der Waals surface area contributed by atoms with Crippen LogP contribution >= 0.6 is 0 Å². The molecule has 1 amide bonds. The molecule has 0 radical (unpaired) electrons. The normalized spacial score (nSPS) is 10.1. The van der Waals surface area contributed by atoms with Crippen molar-refractivity contribution in [2.24, 2.45) is 5.73 Å². The molecule has 0 atom stereocenters. The SMILES string of the molecule is NC(=O)c1cnc2cc([O-])c(N)cc2c1Nc1ccccc1.[Rb+]. The van der Waals surface area contributed by atoms with Gasteiger partial charge in [-0.25, -0.2) is 0 Å². The summed E-state index contributed by atoms with van der Waals surface area (Å²) in [5.74, 6) is -0.921. The first-order chi connectivity index (χ1) is 10.6. The molecule has 0 saturated heterocycles. The summed E-state index contributed by atoms with van der Waals surface area (Å²) < 4.78 is 0. The summed E-state index contributed by atoms with van der Waals surface area (Å²) in [6.07, 6.45) is 1.35. The van der Waals surface area contributed by atoms with Crippen molar-refractivity contribution in [2.75, 3.05) is 11.1 Å². The molecular weight excluding hydrogens is 366 g/mol. The Morgan fingerprint density at radius 2 is 1.87 bits per heavy atom. The van der Waals surface area contributed by atoms with E-state index < -0.39 is 5.91 Å². The average molecular weight is 379 g/mol. The minimum atomic E-state index is -0.613. The van der Waals surface area contributed by atoms with Crippen LogP contribution in [0.15, 0.2) is 48.7 Å². The quantitative estimate of drug-likeness (QED) is 0.492. The number of primary amides is 1. The summed E-state index contributed by atoms with van der Waals surface area (Å²) in [4.78, 5) is 15.8. The van der Waals surface area contributed by atoms with Gasteiger partial charge in [-0.2, -0.15) is 0 Å². The van der Waals surface area contributed by atoms with E-state index in [9.17, 15) is 9.90 Å². The zero-order valence-corrected chi connectivity index (χ0v) is 17.5. The number of nitrogens with one attached hydrogen (secondary N) is 1. The summed E-state index contributed by atoms with van der Waals surface area (Å²) in [7, 11) is 0. The Morgan fingerprint density at radius 3 is 2.52 bits per heavy atom. The van der Waals surface area contributed by atoms with Crippen molar-refractivity contribution >= 4 is 33.9 Å². The van der Waals surface area contributed by atoms with E-state index in [0.717, 1.165) is 5.69 Å². The number of rotatable bonds is 3. The molecule has 0 aliphatic rings. The predicted octanol–water partition coefficient (Wildman–Crippen LogP) is -1.26. The Balaban J connectivity index is 0.00000192. The Morgan fingerprint density at radius 1 is 1.17 bits per heavy atom. The largest absolute Gasteiger partial charge is 1.00 e. The molecule has 7 heteroatoms. The number of hydrogen-bond acceptors (Lipinski definition) is 5. The topological polar surface area (TPSA) is 117 Å². The Bertz CT molecular complexity index is 869. The van der Waals surface area contributed by atoms with Gasteiger partial charge in [0.2, 0.25) is 0 Å². The van der Waals surface area contributed by atoms with Gasteiger partial charge in [0.25, 0.3) is 5.91 Å². The van der Waals surface area contributed by atoms with Crippen molar-refractivity contribution in [2.45, 2.75) is 0 Å². The molecule has 0 aliphatic heterocycles. The summed E-state index contributed by atoms with van der Waals surface area (Å²) >= 11 is 0. The number of pyridine rings is 1. The predicted molar refractivity (Wildman–Crippen MR) is 83.8 cm³/mol. The molecule has 3 aromatic rings. The van der Waals surface area contributed by atoms with Crippen LogP contribution in [0, 0.1) is 0 Å². The third-order valence-electron chi connectivity index (χ3n) is 3.31. The van der Waals surface area contributed by atoms with Crippen molar-refractivity contribution < 1.29 is 68.1 Å². The van der Waals surface area contributed by atoms with Crippen LogP contribution in [-0.4, -0.2) is 10.9 Å². The zero-order chi connectivity index (χ0) is 15.7. The van der Waals surface area contributed by atoms with Gasteiger partial charge in [-0.3, -0.25) is 9.78 Å². The van der Waals surface area contributed by atoms with Gasteiger partial charge in [0.1, 0.15) is 0 Å². The van der Waals surface area contributed by atoms with E-state index >= 15 is 0 Å². The standard InChI is InChI=1S/C16H14N4O2.Rb/c17-12-6-10-13(7-14(12)21)19-8-11(16(18)22)15(10)20-9-4-2-1-3-5-9;/h1-8,21H,17H2,(H2,18,22)(H,19,20);/q;+1/p-1. The summed E-state index contributed by atoms with van der Waals surface area (Å²) in [5, 5.41) is 15.4. The van der Waals surface area contributed by atoms with Gasteiger partial charge >= 0.3 is 58.2 Å². The fourth-order valence-electron chi connectivity index (χ4n) is 2.22. The third-order valence-corrected chi connectivity index (χ3v) is 3.31. The van der Waals surface area contributed by atoms with Gasteiger partial charge in [-0.1, -0.05) is 23.9 Å². The van der Waals surface area contributed by atoms with Crippen LogP contribution < -0.4 is 80.1 Å². The monoisotopic (exact) mass is 378 g/mol. The molecule has 23 heavy (non-hydrogen) atoms. The van der Waals surface area contributed by atoms with Crippen LogP contribution in [0.2, 0.25) is 0 Å². The number of carbonyl (C=O) groups excluding carboxylic acids is 1. The summed E-state index contributed by atoms with van der Waals surface area (Å²) in [6.45, 7) is 0. The maximum atomic E-state index is 11.7. The first kappa shape index (κ1) is 17.9. The Labute approximate surface area is 181 Å². The minimum Gasteiger partial charge on any atom is -0.871 e. The molecule has 1 heterocycles. The van der Waals surface area contributed by atoms with E-state index in [2.05, 4.69) is 10.3 Å². The molecule has 6 nitrogen and oxygen atoms in total. The molecule has 1 aromatic heterocycles. The molecule has 0 spiro atoms. The number of amides is 1. The number of nitrogens with two attached hydrogens (primary N) is 2. The van der Waals surface area contributed by atoms with Crippen LogP contribution in [-0.2, 0) is 0 Å². The molecule has 3 rings (SSSR count). The number of carbonyl (C=O) groups is 1. The molecule has 0 unspecified atom stereocenters. The molecule has 110 valence electrons. The molecule has 0 saturated carbocycles. The average Bonchev–Trinajstić information content (AvgIpc) is 2.50. The maximum Gasteiger partial charge on any atom is 1.00 e. The fraction of sp³-hybridized carbons (Fsp3) is 0. The molecular formula is C16H13N4O2Rb. The number of benzene rings is 2. The van der Waals surface area contributed by atoms with E-state index in [0.29, 0.717) is 16.6 Å². The van der Waals surface area contributed by atoms with E-state index in [1.165, 1.54) is 18.3 Å². The molecule has 0 fully saturated rings. The van der Waals surface area contributed by atoms with Gasteiger partial charge in [-0.05, 0) is 24.3 Å². The number of aromatic nitrogens is 1. The van der Waals surface area contributed by atoms with Crippen LogP contribution in [0.25, 0.3) is 10.9 Å². The van der Waals surface area contributed by atoms with E-state index in [4.69, 9.17) is 11.5 Å². The second kappa shape index (κ2) is 7.40. The summed E-state index contributed by atoms with van der Waals surface area (Å²) in [6, 6.07) is 12.1. The Kier molecular flexibility index (Phi) is 5.75. The van der Waals surface area contributed by atoms with Crippen molar-refractivity contribution in [1.82, 2.24) is 4.98 Å². The molecule has 2 aromatic carbocycles. The Hall–Kier alpha value is -1.47. The second-order valence-corrected chi connectivity index (χ2v) is 4.81. The number of anilines is 3. The van der Waals surface area contributed by atoms with E-state index in [-0.39, 0.29) is 75.2 Å². The number of hydrogen-bond donors (Lipinski definition) is 3. The van der Waals surface area contributed by atoms with E-state index in [1.54, 1.807) is 0 Å².